The minimum atomic E-state index is -0.00497. The van der Waals surface area contributed by atoms with Crippen molar-refractivity contribution in [1.82, 2.24) is 16.0 Å². The molecular formula is C25H45N3O5S2. The minimum Gasteiger partial charge on any atom is -0.378 e. The molecule has 1 unspecified atom stereocenters. The molecular weight excluding hydrogens is 486 g/mol. The third kappa shape index (κ3) is 20.0. The fourth-order valence-corrected chi connectivity index (χ4v) is 4.73. The minimum absolute atomic E-state index is 0.00497. The number of nitrogens with one attached hydrogen (secondary N) is 3. The summed E-state index contributed by atoms with van der Waals surface area (Å²) >= 11 is 0. The van der Waals surface area contributed by atoms with Gasteiger partial charge in [0.15, 0.2) is 0 Å². The van der Waals surface area contributed by atoms with Crippen molar-refractivity contribution in [2.45, 2.75) is 43.4 Å². The van der Waals surface area contributed by atoms with E-state index in [0.29, 0.717) is 52.6 Å². The number of unbranched alkanes of at least 4 members (excludes halogenated alkanes) is 1. The van der Waals surface area contributed by atoms with Crippen LogP contribution in [0.5, 0.6) is 0 Å². The summed E-state index contributed by atoms with van der Waals surface area (Å²) in [5, 5.41) is 9.23. The molecule has 0 heterocycles. The summed E-state index contributed by atoms with van der Waals surface area (Å²) in [5.74, 6) is -0.00497. The van der Waals surface area contributed by atoms with Gasteiger partial charge < -0.3 is 34.9 Å². The van der Waals surface area contributed by atoms with Gasteiger partial charge in [0.2, 0.25) is 5.91 Å². The van der Waals surface area contributed by atoms with Crippen LogP contribution in [-0.4, -0.2) is 90.8 Å². The lowest BCUT2D eigenvalue weighted by atomic mass is 10.1. The number of hydrogen-bond donors (Lipinski definition) is 3. The molecule has 0 saturated carbocycles. The van der Waals surface area contributed by atoms with Crippen LogP contribution in [0.4, 0.5) is 0 Å². The highest BCUT2D eigenvalue weighted by atomic mass is 33.1. The first-order valence-corrected chi connectivity index (χ1v) is 14.8. The van der Waals surface area contributed by atoms with Crippen LogP contribution in [0.15, 0.2) is 29.2 Å². The summed E-state index contributed by atoms with van der Waals surface area (Å²) in [5.41, 5.74) is 1.13. The number of amides is 1. The molecule has 1 aromatic carbocycles. The van der Waals surface area contributed by atoms with Crippen molar-refractivity contribution < 1.29 is 23.7 Å². The number of carbonyl (C=O) groups excluding carboxylic acids is 1. The maximum Gasteiger partial charge on any atom is 0.224 e. The number of ether oxygens (including phenoxy) is 4. The van der Waals surface area contributed by atoms with Crippen molar-refractivity contribution in [1.29, 1.82) is 0 Å². The predicted molar refractivity (Wildman–Crippen MR) is 146 cm³/mol. The molecule has 1 atom stereocenters. The first kappa shape index (κ1) is 32.2. The summed E-state index contributed by atoms with van der Waals surface area (Å²) in [6, 6.07) is 8.11. The summed E-state index contributed by atoms with van der Waals surface area (Å²) in [6.45, 7) is 11.6. The standard InChI is InChI=1S/C25H45N3O5S2/c1-4-27-12-15-30-17-19-32-20-18-31-16-13-28-25(29)21-23-7-9-24(10-8-23)35-34-22(2)33-14-6-5-11-26-3/h7-10,22,26-27H,4-6,11-21H2,1-3H3,(H,28,29). The quantitative estimate of drug-likeness (QED) is 0.106. The van der Waals surface area contributed by atoms with Gasteiger partial charge in [-0.3, -0.25) is 4.79 Å². The second kappa shape index (κ2) is 23.5. The number of carbonyl (C=O) groups is 1. The van der Waals surface area contributed by atoms with E-state index in [4.69, 9.17) is 18.9 Å². The van der Waals surface area contributed by atoms with Gasteiger partial charge in [-0.15, -0.1) is 0 Å². The van der Waals surface area contributed by atoms with Gasteiger partial charge in [-0.1, -0.05) is 40.6 Å². The Morgan fingerprint density at radius 1 is 0.886 bits per heavy atom. The molecule has 0 aliphatic heterocycles. The molecule has 0 aromatic heterocycles. The second-order valence-electron chi connectivity index (χ2n) is 7.79. The third-order valence-electron chi connectivity index (χ3n) is 4.73. The van der Waals surface area contributed by atoms with Gasteiger partial charge >= 0.3 is 0 Å². The molecule has 0 radical (unpaired) electrons. The Morgan fingerprint density at radius 2 is 1.54 bits per heavy atom. The number of hydrogen-bond acceptors (Lipinski definition) is 9. The summed E-state index contributed by atoms with van der Waals surface area (Å²) in [7, 11) is 5.37. The van der Waals surface area contributed by atoms with Gasteiger partial charge in [-0.25, -0.2) is 0 Å². The zero-order valence-corrected chi connectivity index (χ0v) is 23.3. The van der Waals surface area contributed by atoms with Crippen molar-refractivity contribution in [3.63, 3.8) is 0 Å². The first-order valence-electron chi connectivity index (χ1n) is 12.5. The van der Waals surface area contributed by atoms with Crippen molar-refractivity contribution in [2.24, 2.45) is 0 Å². The van der Waals surface area contributed by atoms with Gasteiger partial charge in [0.05, 0.1) is 46.1 Å². The van der Waals surface area contributed by atoms with Crippen LogP contribution in [0.2, 0.25) is 0 Å². The van der Waals surface area contributed by atoms with Gasteiger partial charge in [-0.2, -0.15) is 0 Å². The van der Waals surface area contributed by atoms with E-state index in [2.05, 4.69) is 41.9 Å². The highest BCUT2D eigenvalue weighted by Crippen LogP contribution is 2.34. The first-order chi connectivity index (χ1) is 17.2. The van der Waals surface area contributed by atoms with E-state index in [9.17, 15) is 4.79 Å². The molecule has 1 rings (SSSR count). The lowest BCUT2D eigenvalue weighted by Crippen LogP contribution is -2.29. The van der Waals surface area contributed by atoms with Gasteiger partial charge in [0.25, 0.3) is 0 Å². The monoisotopic (exact) mass is 531 g/mol. The van der Waals surface area contributed by atoms with Crippen LogP contribution in [0.3, 0.4) is 0 Å². The largest absolute Gasteiger partial charge is 0.378 e. The normalized spacial score (nSPS) is 12.1. The molecule has 1 amide bonds. The van der Waals surface area contributed by atoms with E-state index in [1.165, 1.54) is 0 Å². The highest BCUT2D eigenvalue weighted by Gasteiger charge is 2.06. The summed E-state index contributed by atoms with van der Waals surface area (Å²) < 4.78 is 22.2. The fraction of sp³-hybridized carbons (Fsp3) is 0.720. The SMILES string of the molecule is CCNCCOCCOCCOCCNC(=O)Cc1ccc(SSC(C)OCCCCNC)cc1. The summed E-state index contributed by atoms with van der Waals surface area (Å²) in [6.07, 6.45) is 2.56. The Balaban J connectivity index is 2.00. The van der Waals surface area contributed by atoms with Crippen molar-refractivity contribution in [3.05, 3.63) is 29.8 Å². The maximum atomic E-state index is 12.1. The zero-order chi connectivity index (χ0) is 25.4. The third-order valence-corrected chi connectivity index (χ3v) is 7.37. The highest BCUT2D eigenvalue weighted by molar-refractivity contribution is 8.76. The molecule has 0 bridgehead atoms. The predicted octanol–water partition coefficient (Wildman–Crippen LogP) is 3.11. The van der Waals surface area contributed by atoms with Crippen LogP contribution >= 0.6 is 21.6 Å². The van der Waals surface area contributed by atoms with Crippen molar-refractivity contribution in [2.75, 3.05) is 79.5 Å². The second-order valence-corrected chi connectivity index (χ2v) is 10.4. The Bertz CT molecular complexity index is 626. The van der Waals surface area contributed by atoms with E-state index in [-0.39, 0.29) is 11.3 Å². The molecule has 0 aliphatic carbocycles. The van der Waals surface area contributed by atoms with Crippen LogP contribution < -0.4 is 16.0 Å². The van der Waals surface area contributed by atoms with E-state index < -0.39 is 0 Å². The Morgan fingerprint density at radius 3 is 2.20 bits per heavy atom. The zero-order valence-electron chi connectivity index (χ0n) is 21.6. The van der Waals surface area contributed by atoms with E-state index >= 15 is 0 Å². The fourth-order valence-electron chi connectivity index (χ4n) is 2.84. The number of likely N-dealkylation sites (N-methyl/N-ethyl adjacent to an activating group) is 1. The molecule has 3 N–H and O–H groups in total. The number of benzene rings is 1. The Kier molecular flexibility index (Phi) is 21.6. The van der Waals surface area contributed by atoms with Crippen LogP contribution in [-0.2, 0) is 30.2 Å². The van der Waals surface area contributed by atoms with E-state index in [0.717, 1.165) is 49.5 Å². The smallest absolute Gasteiger partial charge is 0.224 e. The van der Waals surface area contributed by atoms with Crippen molar-refractivity contribution in [3.8, 4) is 0 Å². The van der Waals surface area contributed by atoms with Gasteiger partial charge in [-0.05, 0) is 57.6 Å². The molecule has 1 aromatic rings. The van der Waals surface area contributed by atoms with E-state index in [1.807, 2.05) is 19.2 Å². The lowest BCUT2D eigenvalue weighted by molar-refractivity contribution is -0.120. The van der Waals surface area contributed by atoms with Crippen LogP contribution in [0, 0.1) is 0 Å². The molecule has 0 fully saturated rings. The topological polar surface area (TPSA) is 90.1 Å². The van der Waals surface area contributed by atoms with E-state index in [1.54, 1.807) is 21.6 Å². The molecule has 0 aliphatic rings. The van der Waals surface area contributed by atoms with Crippen LogP contribution in [0.25, 0.3) is 0 Å². The Labute approximate surface area is 219 Å². The van der Waals surface area contributed by atoms with Crippen molar-refractivity contribution >= 4 is 27.5 Å². The van der Waals surface area contributed by atoms with Gasteiger partial charge in [0, 0.05) is 24.6 Å². The Hall–Kier alpha value is -0.850. The molecule has 10 heteroatoms. The maximum absolute atomic E-state index is 12.1. The molecule has 35 heavy (non-hydrogen) atoms. The summed E-state index contributed by atoms with van der Waals surface area (Å²) in [4.78, 5) is 13.3. The average molecular weight is 532 g/mol. The van der Waals surface area contributed by atoms with Crippen LogP contribution in [0.1, 0.15) is 32.3 Å². The molecule has 8 nitrogen and oxygen atoms in total. The molecule has 0 spiro atoms. The lowest BCUT2D eigenvalue weighted by Gasteiger charge is -2.12. The average Bonchev–Trinajstić information content (AvgIpc) is 2.86. The molecule has 0 saturated heterocycles. The molecule has 202 valence electrons. The number of rotatable bonds is 24. The van der Waals surface area contributed by atoms with Gasteiger partial charge in [0.1, 0.15) is 5.44 Å².